The van der Waals surface area contributed by atoms with Gasteiger partial charge in [0.2, 0.25) is 0 Å². The van der Waals surface area contributed by atoms with Crippen LogP contribution in [0.2, 0.25) is 0 Å². The van der Waals surface area contributed by atoms with Crippen LogP contribution >= 0.6 is 0 Å². The number of hydrogen-bond donors (Lipinski definition) is 1. The van der Waals surface area contributed by atoms with Crippen LogP contribution < -0.4 is 5.32 Å². The van der Waals surface area contributed by atoms with Crippen LogP contribution in [-0.4, -0.2) is 41.2 Å². The zero-order valence-electron chi connectivity index (χ0n) is 17.9. The second kappa shape index (κ2) is 9.55. The SMILES string of the molecule is CCc1ccc(NC(=O)C(C)OC(=O)CCCN2C(=O)c3ccc(C)cc3C2=O)cc1. The molecule has 162 valence electrons. The van der Waals surface area contributed by atoms with Crippen molar-refractivity contribution in [1.29, 1.82) is 0 Å². The van der Waals surface area contributed by atoms with Gasteiger partial charge in [-0.25, -0.2) is 0 Å². The predicted molar refractivity (Wildman–Crippen MR) is 116 cm³/mol. The third-order valence-electron chi connectivity index (χ3n) is 5.20. The van der Waals surface area contributed by atoms with Gasteiger partial charge in [-0.3, -0.25) is 24.1 Å². The van der Waals surface area contributed by atoms with Crippen LogP contribution in [0.4, 0.5) is 5.69 Å². The van der Waals surface area contributed by atoms with E-state index in [0.717, 1.165) is 22.4 Å². The fourth-order valence-corrected chi connectivity index (χ4v) is 3.37. The van der Waals surface area contributed by atoms with Gasteiger partial charge in [0.15, 0.2) is 6.10 Å². The maximum Gasteiger partial charge on any atom is 0.306 e. The summed E-state index contributed by atoms with van der Waals surface area (Å²) >= 11 is 0. The Kier molecular flexibility index (Phi) is 6.84. The summed E-state index contributed by atoms with van der Waals surface area (Å²) in [6.07, 6.45) is 0.203. The van der Waals surface area contributed by atoms with Gasteiger partial charge in [0.05, 0.1) is 11.1 Å². The molecule has 0 aliphatic carbocycles. The lowest BCUT2D eigenvalue weighted by atomic mass is 10.1. The number of anilines is 1. The first-order valence-electron chi connectivity index (χ1n) is 10.4. The third kappa shape index (κ3) is 5.17. The van der Waals surface area contributed by atoms with E-state index < -0.39 is 18.0 Å². The smallest absolute Gasteiger partial charge is 0.306 e. The molecular weight excluding hydrogens is 396 g/mol. The van der Waals surface area contributed by atoms with E-state index in [2.05, 4.69) is 5.32 Å². The molecular formula is C24H26N2O5. The average Bonchev–Trinajstić information content (AvgIpc) is 2.98. The number of fused-ring (bicyclic) bond motifs is 1. The highest BCUT2D eigenvalue weighted by atomic mass is 16.5. The number of imide groups is 1. The van der Waals surface area contributed by atoms with Crippen molar-refractivity contribution in [3.05, 3.63) is 64.7 Å². The number of benzene rings is 2. The molecule has 1 heterocycles. The fourth-order valence-electron chi connectivity index (χ4n) is 3.37. The van der Waals surface area contributed by atoms with Crippen molar-refractivity contribution in [2.24, 2.45) is 0 Å². The van der Waals surface area contributed by atoms with E-state index in [-0.39, 0.29) is 31.2 Å². The first kappa shape index (κ1) is 22.2. The Hall–Kier alpha value is -3.48. The molecule has 0 saturated carbocycles. The Labute approximate surface area is 181 Å². The normalized spacial score (nSPS) is 13.7. The van der Waals surface area contributed by atoms with Gasteiger partial charge in [-0.15, -0.1) is 0 Å². The van der Waals surface area contributed by atoms with Crippen LogP contribution in [0.15, 0.2) is 42.5 Å². The Morgan fingerprint density at radius 3 is 2.39 bits per heavy atom. The number of carbonyl (C=O) groups excluding carboxylic acids is 4. The Balaban J connectivity index is 1.45. The number of hydrogen-bond acceptors (Lipinski definition) is 5. The Bertz CT molecular complexity index is 1010. The molecule has 1 aliphatic rings. The van der Waals surface area contributed by atoms with Crippen LogP contribution in [0.3, 0.4) is 0 Å². The topological polar surface area (TPSA) is 92.8 Å². The largest absolute Gasteiger partial charge is 0.453 e. The summed E-state index contributed by atoms with van der Waals surface area (Å²) in [5.74, 6) is -1.68. The number of amides is 3. The van der Waals surface area contributed by atoms with E-state index in [0.29, 0.717) is 16.8 Å². The molecule has 7 nitrogen and oxygen atoms in total. The number of rotatable bonds is 8. The summed E-state index contributed by atoms with van der Waals surface area (Å²) in [7, 11) is 0. The zero-order chi connectivity index (χ0) is 22.5. The van der Waals surface area contributed by atoms with Crippen molar-refractivity contribution >= 4 is 29.4 Å². The van der Waals surface area contributed by atoms with Crippen molar-refractivity contribution in [2.45, 2.75) is 46.1 Å². The van der Waals surface area contributed by atoms with E-state index in [1.165, 1.54) is 6.92 Å². The van der Waals surface area contributed by atoms with Crippen LogP contribution in [0.5, 0.6) is 0 Å². The van der Waals surface area contributed by atoms with Gasteiger partial charge < -0.3 is 10.1 Å². The van der Waals surface area contributed by atoms with Crippen LogP contribution in [-0.2, 0) is 20.7 Å². The molecule has 0 radical (unpaired) electrons. The summed E-state index contributed by atoms with van der Waals surface area (Å²) in [6, 6.07) is 12.6. The molecule has 1 atom stereocenters. The number of nitrogens with one attached hydrogen (secondary N) is 1. The van der Waals surface area contributed by atoms with Gasteiger partial charge in [0.25, 0.3) is 17.7 Å². The molecule has 1 unspecified atom stereocenters. The van der Waals surface area contributed by atoms with Gasteiger partial charge in [-0.2, -0.15) is 0 Å². The van der Waals surface area contributed by atoms with Gasteiger partial charge in [0, 0.05) is 18.7 Å². The summed E-state index contributed by atoms with van der Waals surface area (Å²) in [5.41, 5.74) is 3.47. The van der Waals surface area contributed by atoms with E-state index in [4.69, 9.17) is 4.74 Å². The quantitative estimate of drug-likeness (QED) is 0.519. The van der Waals surface area contributed by atoms with E-state index in [1.807, 2.05) is 26.0 Å². The summed E-state index contributed by atoms with van der Waals surface area (Å²) in [5, 5.41) is 2.71. The number of nitrogens with zero attached hydrogens (tertiary/aromatic N) is 1. The minimum Gasteiger partial charge on any atom is -0.453 e. The highest BCUT2D eigenvalue weighted by Crippen LogP contribution is 2.24. The maximum atomic E-state index is 12.5. The van der Waals surface area contributed by atoms with Crippen LogP contribution in [0, 0.1) is 6.92 Å². The standard InChI is InChI=1S/C24H26N2O5/c1-4-17-8-10-18(11-9-17)25-22(28)16(3)31-21(27)6-5-13-26-23(29)19-12-7-15(2)14-20(19)24(26)30/h7-12,14,16H,4-6,13H2,1-3H3,(H,25,28). The first-order chi connectivity index (χ1) is 14.8. The summed E-state index contributed by atoms with van der Waals surface area (Å²) in [4.78, 5) is 50.4. The molecule has 0 aromatic heterocycles. The van der Waals surface area contributed by atoms with E-state index in [9.17, 15) is 19.2 Å². The van der Waals surface area contributed by atoms with Crippen molar-refractivity contribution < 1.29 is 23.9 Å². The second-order valence-electron chi connectivity index (χ2n) is 7.59. The van der Waals surface area contributed by atoms with Gasteiger partial charge >= 0.3 is 5.97 Å². The number of aryl methyl sites for hydroxylation is 2. The van der Waals surface area contributed by atoms with Gasteiger partial charge in [0.1, 0.15) is 0 Å². The van der Waals surface area contributed by atoms with Crippen LogP contribution in [0.25, 0.3) is 0 Å². The van der Waals surface area contributed by atoms with Crippen molar-refractivity contribution in [3.8, 4) is 0 Å². The number of esters is 1. The fraction of sp³-hybridized carbons (Fsp3) is 0.333. The molecule has 0 fully saturated rings. The molecule has 1 aliphatic heterocycles. The summed E-state index contributed by atoms with van der Waals surface area (Å²) in [6.45, 7) is 5.52. The van der Waals surface area contributed by atoms with E-state index >= 15 is 0 Å². The average molecular weight is 422 g/mol. The highest BCUT2D eigenvalue weighted by molar-refractivity contribution is 6.21. The van der Waals surface area contributed by atoms with E-state index in [1.54, 1.807) is 30.3 Å². The van der Waals surface area contributed by atoms with Crippen LogP contribution in [0.1, 0.15) is 58.5 Å². The predicted octanol–water partition coefficient (Wildman–Crippen LogP) is 3.50. The molecule has 1 N–H and O–H groups in total. The molecule has 7 heteroatoms. The lowest BCUT2D eigenvalue weighted by Crippen LogP contribution is -2.32. The lowest BCUT2D eigenvalue weighted by molar-refractivity contribution is -0.153. The molecule has 31 heavy (non-hydrogen) atoms. The zero-order valence-corrected chi connectivity index (χ0v) is 17.9. The maximum absolute atomic E-state index is 12.5. The number of ether oxygens (including phenoxy) is 1. The molecule has 3 amide bonds. The molecule has 0 spiro atoms. The minimum absolute atomic E-state index is 0.00471. The van der Waals surface area contributed by atoms with Crippen molar-refractivity contribution in [1.82, 2.24) is 4.90 Å². The van der Waals surface area contributed by atoms with Crippen molar-refractivity contribution in [2.75, 3.05) is 11.9 Å². The third-order valence-corrected chi connectivity index (χ3v) is 5.20. The molecule has 2 aromatic rings. The Morgan fingerprint density at radius 2 is 1.71 bits per heavy atom. The molecule has 0 saturated heterocycles. The van der Waals surface area contributed by atoms with Gasteiger partial charge in [-0.1, -0.05) is 30.7 Å². The lowest BCUT2D eigenvalue weighted by Gasteiger charge is -2.15. The minimum atomic E-state index is -0.958. The summed E-state index contributed by atoms with van der Waals surface area (Å²) < 4.78 is 5.19. The van der Waals surface area contributed by atoms with Gasteiger partial charge in [-0.05, 0) is 56.5 Å². The molecule has 2 aromatic carbocycles. The second-order valence-corrected chi connectivity index (χ2v) is 7.59. The monoisotopic (exact) mass is 422 g/mol. The number of carbonyl (C=O) groups is 4. The Morgan fingerprint density at radius 1 is 1.03 bits per heavy atom. The molecule has 0 bridgehead atoms. The first-order valence-corrected chi connectivity index (χ1v) is 10.4. The molecule has 3 rings (SSSR count). The highest BCUT2D eigenvalue weighted by Gasteiger charge is 2.35. The van der Waals surface area contributed by atoms with Crippen molar-refractivity contribution in [3.63, 3.8) is 0 Å².